The van der Waals surface area contributed by atoms with Crippen LogP contribution in [0.25, 0.3) is 0 Å². The number of hydrogen-bond acceptors (Lipinski definition) is 3. The van der Waals surface area contributed by atoms with Gasteiger partial charge in [0.2, 0.25) is 0 Å². The van der Waals surface area contributed by atoms with Crippen LogP contribution in [0.2, 0.25) is 0 Å². The average molecular weight is 290 g/mol. The third kappa shape index (κ3) is 17.8. The number of aliphatic hydroxyl groups is 1. The summed E-state index contributed by atoms with van der Waals surface area (Å²) in [5.74, 6) is 1.82. The van der Waals surface area contributed by atoms with E-state index in [0.717, 1.165) is 25.7 Å². The van der Waals surface area contributed by atoms with Gasteiger partial charge < -0.3 is 10.2 Å². The number of hydrogen-bond donors (Lipinski definition) is 2. The third-order valence-electron chi connectivity index (χ3n) is 3.13. The zero-order valence-corrected chi connectivity index (χ0v) is 12.9. The Kier molecular flexibility index (Phi) is 15.7. The summed E-state index contributed by atoms with van der Waals surface area (Å²) in [6.45, 7) is 0.330. The fourth-order valence-electron chi connectivity index (χ4n) is 1.96. The molecule has 2 N–H and O–H groups in total. The van der Waals surface area contributed by atoms with E-state index < -0.39 is 5.97 Å². The van der Waals surface area contributed by atoms with Crippen molar-refractivity contribution in [2.24, 2.45) is 0 Å². The van der Waals surface area contributed by atoms with Gasteiger partial charge in [-0.1, -0.05) is 38.5 Å². The maximum absolute atomic E-state index is 10.3. The third-order valence-corrected chi connectivity index (χ3v) is 4.28. The van der Waals surface area contributed by atoms with Gasteiger partial charge in [-0.2, -0.15) is 11.8 Å². The second kappa shape index (κ2) is 15.8. The molecule has 0 amide bonds. The topological polar surface area (TPSA) is 57.5 Å². The molecule has 0 bridgehead atoms. The lowest BCUT2D eigenvalue weighted by atomic mass is 10.1. The maximum atomic E-state index is 10.3. The minimum absolute atomic E-state index is 0.326. The molecular formula is C15H30O3S. The lowest BCUT2D eigenvalue weighted by molar-refractivity contribution is -0.137. The smallest absolute Gasteiger partial charge is 0.303 e. The Morgan fingerprint density at radius 2 is 1.21 bits per heavy atom. The first kappa shape index (κ1) is 18.8. The molecule has 0 radical (unpaired) electrons. The summed E-state index contributed by atoms with van der Waals surface area (Å²) in [6.07, 6.45) is 11.9. The molecule has 0 rings (SSSR count). The van der Waals surface area contributed by atoms with Gasteiger partial charge in [-0.25, -0.2) is 0 Å². The molecule has 19 heavy (non-hydrogen) atoms. The molecule has 0 saturated carbocycles. The molecule has 0 unspecified atom stereocenters. The van der Waals surface area contributed by atoms with Crippen molar-refractivity contribution >= 4 is 17.7 Å². The Morgan fingerprint density at radius 3 is 1.74 bits per heavy atom. The van der Waals surface area contributed by atoms with Crippen molar-refractivity contribution in [1.82, 2.24) is 0 Å². The van der Waals surface area contributed by atoms with Crippen LogP contribution in [-0.4, -0.2) is 34.3 Å². The van der Waals surface area contributed by atoms with Crippen molar-refractivity contribution in [3.63, 3.8) is 0 Å². The molecule has 0 aromatic heterocycles. The van der Waals surface area contributed by atoms with Crippen LogP contribution in [0.3, 0.4) is 0 Å². The molecule has 0 aliphatic rings. The van der Waals surface area contributed by atoms with Gasteiger partial charge in [0.05, 0.1) is 0 Å². The van der Waals surface area contributed by atoms with Crippen molar-refractivity contribution in [2.45, 2.75) is 70.6 Å². The molecule has 0 aliphatic carbocycles. The molecule has 0 aromatic carbocycles. The highest BCUT2D eigenvalue weighted by atomic mass is 32.2. The molecule has 0 saturated heterocycles. The summed E-state index contributed by atoms with van der Waals surface area (Å²) in [5.41, 5.74) is 0. The summed E-state index contributed by atoms with van der Waals surface area (Å²) in [7, 11) is 0. The Balaban J connectivity index is 2.93. The van der Waals surface area contributed by atoms with Crippen LogP contribution in [0, 0.1) is 0 Å². The van der Waals surface area contributed by atoms with Crippen LogP contribution in [0.15, 0.2) is 0 Å². The predicted molar refractivity (Wildman–Crippen MR) is 82.8 cm³/mol. The van der Waals surface area contributed by atoms with Crippen molar-refractivity contribution < 1.29 is 15.0 Å². The summed E-state index contributed by atoms with van der Waals surface area (Å²) >= 11 is 2.03. The van der Waals surface area contributed by atoms with E-state index in [1.54, 1.807) is 0 Å². The summed E-state index contributed by atoms with van der Waals surface area (Å²) in [6, 6.07) is 0. The lowest BCUT2D eigenvalue weighted by Crippen LogP contribution is -1.93. The Labute approximate surface area is 122 Å². The zero-order chi connectivity index (χ0) is 14.2. The molecule has 0 fully saturated rings. The molecule has 0 aliphatic heterocycles. The quantitative estimate of drug-likeness (QED) is 0.446. The zero-order valence-electron chi connectivity index (χ0n) is 12.1. The number of rotatable bonds is 15. The fourth-order valence-corrected chi connectivity index (χ4v) is 2.98. The van der Waals surface area contributed by atoms with Crippen molar-refractivity contribution in [2.75, 3.05) is 18.1 Å². The molecule has 0 atom stereocenters. The first-order chi connectivity index (χ1) is 9.27. The number of carboxylic acids is 1. The molecule has 0 heterocycles. The maximum Gasteiger partial charge on any atom is 0.303 e. The predicted octanol–water partition coefficient (Wildman–Crippen LogP) is 4.09. The normalized spacial score (nSPS) is 10.8. The number of carboxylic acid groups (broad SMARTS) is 1. The molecule has 4 heteroatoms. The van der Waals surface area contributed by atoms with Crippen LogP contribution in [0.5, 0.6) is 0 Å². The van der Waals surface area contributed by atoms with E-state index in [9.17, 15) is 4.79 Å². The van der Waals surface area contributed by atoms with Crippen LogP contribution < -0.4 is 0 Å². The SMILES string of the molecule is O=C(O)CCCCCCCCCSCCCCCO. The van der Waals surface area contributed by atoms with E-state index in [1.807, 2.05) is 11.8 Å². The van der Waals surface area contributed by atoms with Crippen LogP contribution in [-0.2, 0) is 4.79 Å². The Hall–Kier alpha value is -0.220. The van der Waals surface area contributed by atoms with Crippen molar-refractivity contribution in [1.29, 1.82) is 0 Å². The summed E-state index contributed by atoms with van der Waals surface area (Å²) in [4.78, 5) is 10.3. The van der Waals surface area contributed by atoms with Crippen LogP contribution >= 0.6 is 11.8 Å². The van der Waals surface area contributed by atoms with Gasteiger partial charge in [0.15, 0.2) is 0 Å². The number of aliphatic hydroxyl groups excluding tert-OH is 1. The molecular weight excluding hydrogens is 260 g/mol. The fraction of sp³-hybridized carbons (Fsp3) is 0.933. The van der Waals surface area contributed by atoms with Gasteiger partial charge in [0, 0.05) is 13.0 Å². The number of carbonyl (C=O) groups is 1. The molecule has 0 spiro atoms. The highest BCUT2D eigenvalue weighted by Gasteiger charge is 1.97. The monoisotopic (exact) mass is 290 g/mol. The van der Waals surface area contributed by atoms with E-state index in [-0.39, 0.29) is 0 Å². The molecule has 3 nitrogen and oxygen atoms in total. The molecule has 0 aromatic rings. The van der Waals surface area contributed by atoms with Crippen LogP contribution in [0.1, 0.15) is 70.6 Å². The van der Waals surface area contributed by atoms with Gasteiger partial charge in [-0.15, -0.1) is 0 Å². The Morgan fingerprint density at radius 1 is 0.737 bits per heavy atom. The van der Waals surface area contributed by atoms with Gasteiger partial charge in [-0.3, -0.25) is 4.79 Å². The largest absolute Gasteiger partial charge is 0.481 e. The highest BCUT2D eigenvalue weighted by Crippen LogP contribution is 2.12. The second-order valence-electron chi connectivity index (χ2n) is 5.02. The minimum Gasteiger partial charge on any atom is -0.481 e. The van der Waals surface area contributed by atoms with E-state index in [2.05, 4.69) is 0 Å². The van der Waals surface area contributed by atoms with Gasteiger partial charge >= 0.3 is 5.97 Å². The van der Waals surface area contributed by atoms with Gasteiger partial charge in [0.25, 0.3) is 0 Å². The molecule has 114 valence electrons. The standard InChI is InChI=1S/C15H30O3S/c16-12-8-6-10-14-19-13-9-5-3-1-2-4-7-11-15(17)18/h16H,1-14H2,(H,17,18). The van der Waals surface area contributed by atoms with Crippen molar-refractivity contribution in [3.8, 4) is 0 Å². The van der Waals surface area contributed by atoms with Crippen molar-refractivity contribution in [3.05, 3.63) is 0 Å². The van der Waals surface area contributed by atoms with E-state index in [4.69, 9.17) is 10.2 Å². The average Bonchev–Trinajstić information content (AvgIpc) is 2.39. The number of aliphatic carboxylic acids is 1. The lowest BCUT2D eigenvalue weighted by Gasteiger charge is -2.02. The summed E-state index contributed by atoms with van der Waals surface area (Å²) < 4.78 is 0. The minimum atomic E-state index is -0.670. The van der Waals surface area contributed by atoms with Gasteiger partial charge in [0.1, 0.15) is 0 Å². The number of thioether (sulfide) groups is 1. The van der Waals surface area contributed by atoms with E-state index >= 15 is 0 Å². The summed E-state index contributed by atoms with van der Waals surface area (Å²) in [5, 5.41) is 17.1. The highest BCUT2D eigenvalue weighted by molar-refractivity contribution is 7.99. The van der Waals surface area contributed by atoms with Crippen LogP contribution in [0.4, 0.5) is 0 Å². The number of unbranched alkanes of at least 4 members (excludes halogenated alkanes) is 8. The van der Waals surface area contributed by atoms with E-state index in [1.165, 1.54) is 50.0 Å². The first-order valence-electron chi connectivity index (χ1n) is 7.67. The first-order valence-corrected chi connectivity index (χ1v) is 8.83. The second-order valence-corrected chi connectivity index (χ2v) is 6.24. The van der Waals surface area contributed by atoms with Gasteiger partial charge in [-0.05, 0) is 37.2 Å². The van der Waals surface area contributed by atoms with E-state index in [0.29, 0.717) is 13.0 Å². The Bertz CT molecular complexity index is 198.